The Labute approximate surface area is 121 Å². The topological polar surface area (TPSA) is 30.9 Å². The molecule has 1 aliphatic carbocycles. The number of benzene rings is 1. The first-order chi connectivity index (χ1) is 9.78. The summed E-state index contributed by atoms with van der Waals surface area (Å²) in [7, 11) is 1.89. The zero-order valence-corrected chi connectivity index (χ0v) is 12.4. The molecule has 1 aliphatic heterocycles. The molecule has 0 bridgehead atoms. The summed E-state index contributed by atoms with van der Waals surface area (Å²) < 4.78 is 0. The fourth-order valence-corrected chi connectivity index (χ4v) is 2.80. The van der Waals surface area contributed by atoms with Crippen molar-refractivity contribution in [3.05, 3.63) is 30.3 Å². The van der Waals surface area contributed by atoms with Gasteiger partial charge in [0.05, 0.1) is 0 Å². The SMILES string of the molecule is CN=C(NC1CC1C)N1CCN(c2ccccc2)CC1. The third-order valence-electron chi connectivity index (χ3n) is 4.34. The monoisotopic (exact) mass is 272 g/mol. The standard InChI is InChI=1S/C16H24N4/c1-13-12-15(13)18-16(17-2)20-10-8-19(9-11-20)14-6-4-3-5-7-14/h3-7,13,15H,8-12H2,1-2H3,(H,17,18). The van der Waals surface area contributed by atoms with Crippen LogP contribution < -0.4 is 10.2 Å². The molecule has 1 N–H and O–H groups in total. The largest absolute Gasteiger partial charge is 0.368 e. The molecule has 20 heavy (non-hydrogen) atoms. The molecular formula is C16H24N4. The van der Waals surface area contributed by atoms with Gasteiger partial charge < -0.3 is 15.1 Å². The number of hydrogen-bond donors (Lipinski definition) is 1. The van der Waals surface area contributed by atoms with Crippen LogP contribution in [0.15, 0.2) is 35.3 Å². The van der Waals surface area contributed by atoms with Crippen LogP contribution in [0.5, 0.6) is 0 Å². The van der Waals surface area contributed by atoms with Gasteiger partial charge in [-0.05, 0) is 24.5 Å². The smallest absolute Gasteiger partial charge is 0.193 e. The highest BCUT2D eigenvalue weighted by Gasteiger charge is 2.34. The van der Waals surface area contributed by atoms with Crippen molar-refractivity contribution in [2.24, 2.45) is 10.9 Å². The highest BCUT2D eigenvalue weighted by atomic mass is 15.4. The molecule has 1 aromatic carbocycles. The van der Waals surface area contributed by atoms with Gasteiger partial charge in [-0.3, -0.25) is 4.99 Å². The highest BCUT2D eigenvalue weighted by molar-refractivity contribution is 5.80. The maximum Gasteiger partial charge on any atom is 0.193 e. The van der Waals surface area contributed by atoms with Crippen LogP contribution in [0.1, 0.15) is 13.3 Å². The fourth-order valence-electron chi connectivity index (χ4n) is 2.80. The second kappa shape index (κ2) is 5.73. The number of nitrogens with zero attached hydrogens (tertiary/aromatic N) is 3. The first kappa shape index (κ1) is 13.3. The molecule has 2 atom stereocenters. The number of anilines is 1. The maximum absolute atomic E-state index is 4.44. The minimum Gasteiger partial charge on any atom is -0.368 e. The number of aliphatic imine (C=N–C) groups is 1. The molecule has 0 amide bonds. The van der Waals surface area contributed by atoms with E-state index in [-0.39, 0.29) is 0 Å². The minimum atomic E-state index is 0.640. The second-order valence-electron chi connectivity index (χ2n) is 5.82. The maximum atomic E-state index is 4.44. The van der Waals surface area contributed by atoms with Crippen molar-refractivity contribution >= 4 is 11.6 Å². The van der Waals surface area contributed by atoms with Crippen LogP contribution >= 0.6 is 0 Å². The van der Waals surface area contributed by atoms with Gasteiger partial charge in [0.25, 0.3) is 0 Å². The number of nitrogens with one attached hydrogen (secondary N) is 1. The molecule has 1 saturated carbocycles. The zero-order valence-electron chi connectivity index (χ0n) is 12.4. The third-order valence-corrected chi connectivity index (χ3v) is 4.34. The minimum absolute atomic E-state index is 0.640. The van der Waals surface area contributed by atoms with Gasteiger partial charge in [0, 0.05) is 45.0 Å². The Morgan fingerprint density at radius 2 is 1.80 bits per heavy atom. The fraction of sp³-hybridized carbons (Fsp3) is 0.562. The molecule has 1 saturated heterocycles. The Balaban J connectivity index is 1.55. The molecule has 108 valence electrons. The summed E-state index contributed by atoms with van der Waals surface area (Å²) in [6.45, 7) is 6.49. The lowest BCUT2D eigenvalue weighted by Gasteiger charge is -2.37. The van der Waals surface area contributed by atoms with Crippen LogP contribution in [-0.2, 0) is 0 Å². The Morgan fingerprint density at radius 1 is 1.15 bits per heavy atom. The summed E-state index contributed by atoms with van der Waals surface area (Å²) in [4.78, 5) is 9.26. The van der Waals surface area contributed by atoms with E-state index in [4.69, 9.17) is 0 Å². The van der Waals surface area contributed by atoms with E-state index in [2.05, 4.69) is 57.4 Å². The van der Waals surface area contributed by atoms with Gasteiger partial charge in [-0.15, -0.1) is 0 Å². The lowest BCUT2D eigenvalue weighted by Crippen LogP contribution is -2.53. The van der Waals surface area contributed by atoms with Crippen molar-refractivity contribution in [1.82, 2.24) is 10.2 Å². The van der Waals surface area contributed by atoms with Gasteiger partial charge in [-0.2, -0.15) is 0 Å². The van der Waals surface area contributed by atoms with Crippen molar-refractivity contribution < 1.29 is 0 Å². The van der Waals surface area contributed by atoms with Crippen LogP contribution in [-0.4, -0.2) is 50.1 Å². The quantitative estimate of drug-likeness (QED) is 0.658. The van der Waals surface area contributed by atoms with Gasteiger partial charge in [-0.25, -0.2) is 0 Å². The number of piperazine rings is 1. The van der Waals surface area contributed by atoms with Gasteiger partial charge in [-0.1, -0.05) is 25.1 Å². The van der Waals surface area contributed by atoms with Crippen molar-refractivity contribution in [1.29, 1.82) is 0 Å². The Hall–Kier alpha value is -1.71. The first-order valence-corrected chi connectivity index (χ1v) is 7.56. The highest BCUT2D eigenvalue weighted by Crippen LogP contribution is 2.29. The molecule has 3 rings (SSSR count). The van der Waals surface area contributed by atoms with Crippen molar-refractivity contribution in [2.75, 3.05) is 38.1 Å². The van der Waals surface area contributed by atoms with Crippen LogP contribution in [0.2, 0.25) is 0 Å². The zero-order chi connectivity index (χ0) is 13.9. The molecule has 0 aromatic heterocycles. The molecule has 1 aromatic rings. The lowest BCUT2D eigenvalue weighted by molar-refractivity contribution is 0.371. The van der Waals surface area contributed by atoms with Crippen molar-refractivity contribution in [3.63, 3.8) is 0 Å². The molecule has 4 heteroatoms. The van der Waals surface area contributed by atoms with Gasteiger partial charge in [0.2, 0.25) is 0 Å². The number of hydrogen-bond acceptors (Lipinski definition) is 2. The number of para-hydroxylation sites is 1. The second-order valence-corrected chi connectivity index (χ2v) is 5.82. The van der Waals surface area contributed by atoms with E-state index in [1.165, 1.54) is 12.1 Å². The average molecular weight is 272 g/mol. The molecule has 1 heterocycles. The number of rotatable bonds is 2. The summed E-state index contributed by atoms with van der Waals surface area (Å²) in [6.07, 6.45) is 1.28. The van der Waals surface area contributed by atoms with Crippen molar-refractivity contribution in [3.8, 4) is 0 Å². The predicted molar refractivity (Wildman–Crippen MR) is 84.3 cm³/mol. The van der Waals surface area contributed by atoms with Gasteiger partial charge in [0.15, 0.2) is 5.96 Å². The van der Waals surface area contributed by atoms with Crippen LogP contribution in [0.3, 0.4) is 0 Å². The van der Waals surface area contributed by atoms with Gasteiger partial charge in [0.1, 0.15) is 0 Å². The normalized spacial score (nSPS) is 26.6. The molecular weight excluding hydrogens is 248 g/mol. The molecule has 0 radical (unpaired) electrons. The summed E-state index contributed by atoms with van der Waals surface area (Å²) in [5, 5.41) is 3.57. The van der Waals surface area contributed by atoms with Crippen LogP contribution in [0, 0.1) is 5.92 Å². The van der Waals surface area contributed by atoms with E-state index in [1.807, 2.05) is 7.05 Å². The van der Waals surface area contributed by atoms with Crippen LogP contribution in [0.4, 0.5) is 5.69 Å². The van der Waals surface area contributed by atoms with E-state index in [1.54, 1.807) is 0 Å². The van der Waals surface area contributed by atoms with E-state index >= 15 is 0 Å². The van der Waals surface area contributed by atoms with E-state index in [0.717, 1.165) is 38.1 Å². The predicted octanol–water partition coefficient (Wildman–Crippen LogP) is 1.79. The summed E-state index contributed by atoms with van der Waals surface area (Å²) in [5.41, 5.74) is 1.32. The average Bonchev–Trinajstić information content (AvgIpc) is 3.21. The molecule has 2 aliphatic rings. The summed E-state index contributed by atoms with van der Waals surface area (Å²) in [5.74, 6) is 1.88. The first-order valence-electron chi connectivity index (χ1n) is 7.56. The van der Waals surface area contributed by atoms with Crippen molar-refractivity contribution in [2.45, 2.75) is 19.4 Å². The third kappa shape index (κ3) is 2.89. The van der Waals surface area contributed by atoms with E-state index in [0.29, 0.717) is 6.04 Å². The summed E-state index contributed by atoms with van der Waals surface area (Å²) in [6, 6.07) is 11.3. The molecule has 0 spiro atoms. The Kier molecular flexibility index (Phi) is 3.81. The van der Waals surface area contributed by atoms with E-state index in [9.17, 15) is 0 Å². The van der Waals surface area contributed by atoms with E-state index < -0.39 is 0 Å². The molecule has 2 fully saturated rings. The van der Waals surface area contributed by atoms with Crippen LogP contribution in [0.25, 0.3) is 0 Å². The lowest BCUT2D eigenvalue weighted by atomic mass is 10.2. The Bertz CT molecular complexity index is 463. The summed E-state index contributed by atoms with van der Waals surface area (Å²) >= 11 is 0. The molecule has 2 unspecified atom stereocenters. The Morgan fingerprint density at radius 3 is 2.35 bits per heavy atom. The van der Waals surface area contributed by atoms with Gasteiger partial charge >= 0.3 is 0 Å². The molecule has 4 nitrogen and oxygen atoms in total. The number of guanidine groups is 1.